The molecule has 0 radical (unpaired) electrons. The summed E-state index contributed by atoms with van der Waals surface area (Å²) in [6, 6.07) is 18.9. The van der Waals surface area contributed by atoms with Crippen molar-refractivity contribution in [1.29, 1.82) is 0 Å². The largest absolute Gasteiger partial charge is 0.306 e. The number of anilines is 1. The van der Waals surface area contributed by atoms with E-state index in [1.165, 1.54) is 27.3 Å². The minimum atomic E-state index is -3.83. The minimum absolute atomic E-state index is 0.0254. The van der Waals surface area contributed by atoms with E-state index < -0.39 is 21.1 Å². The molecule has 11 heteroatoms. The van der Waals surface area contributed by atoms with Crippen molar-refractivity contribution in [2.45, 2.75) is 30.9 Å². The maximum atomic E-state index is 13.2. The number of para-hydroxylation sites is 1. The van der Waals surface area contributed by atoms with Crippen LogP contribution >= 0.6 is 0 Å². The monoisotopic (exact) mass is 526 g/mol. The van der Waals surface area contributed by atoms with Crippen molar-refractivity contribution in [3.8, 4) is 5.82 Å². The van der Waals surface area contributed by atoms with Gasteiger partial charge in [0.15, 0.2) is 16.9 Å². The van der Waals surface area contributed by atoms with Crippen LogP contribution in [0.15, 0.2) is 82.6 Å². The number of aromatic nitrogens is 3. The van der Waals surface area contributed by atoms with E-state index in [4.69, 9.17) is 4.55 Å². The summed E-state index contributed by atoms with van der Waals surface area (Å²) in [5, 5.41) is 3.01. The molecule has 1 atom stereocenters. The number of hydrogen-bond donors (Lipinski definition) is 2. The second-order valence-corrected chi connectivity index (χ2v) is 11.0. The molecule has 2 aromatic heterocycles. The van der Waals surface area contributed by atoms with Crippen LogP contribution in [-0.2, 0) is 33.3 Å². The Bertz CT molecular complexity index is 1530. The van der Waals surface area contributed by atoms with E-state index in [0.29, 0.717) is 23.4 Å². The summed E-state index contributed by atoms with van der Waals surface area (Å²) < 4.78 is 49.0. The third kappa shape index (κ3) is 5.32. The predicted octanol–water partition coefficient (Wildman–Crippen LogP) is 3.40. The zero-order valence-corrected chi connectivity index (χ0v) is 21.4. The van der Waals surface area contributed by atoms with Crippen LogP contribution in [0.5, 0.6) is 0 Å². The molecule has 0 amide bonds. The lowest BCUT2D eigenvalue weighted by Crippen LogP contribution is -2.30. The summed E-state index contributed by atoms with van der Waals surface area (Å²) in [5.74, 6) is 0.325. The maximum absolute atomic E-state index is 13.2. The van der Waals surface area contributed by atoms with Crippen molar-refractivity contribution in [2.24, 2.45) is 0 Å². The highest BCUT2D eigenvalue weighted by Gasteiger charge is 2.24. The van der Waals surface area contributed by atoms with Crippen LogP contribution in [-0.4, -0.2) is 38.5 Å². The van der Waals surface area contributed by atoms with Gasteiger partial charge in [0, 0.05) is 30.4 Å². The smallest absolute Gasteiger partial charge is 0.276 e. The van der Waals surface area contributed by atoms with Gasteiger partial charge < -0.3 is 4.55 Å². The molecule has 0 aliphatic carbocycles. The SMILES string of the molecule is CCN(c1ccccc1)S(=O)(=O)c1ccc(-n2[nH]c(C)c(Cc3ccc(CS(=O)O)cc3)c2=O)nc1. The third-order valence-electron chi connectivity index (χ3n) is 5.76. The molecular weight excluding hydrogens is 500 g/mol. The van der Waals surface area contributed by atoms with Crippen LogP contribution in [0.1, 0.15) is 29.3 Å². The number of hydrogen-bond acceptors (Lipinski definition) is 5. The number of nitrogens with zero attached hydrogens (tertiary/aromatic N) is 3. The molecule has 188 valence electrons. The van der Waals surface area contributed by atoms with Crippen LogP contribution in [0.4, 0.5) is 5.69 Å². The molecule has 4 rings (SSSR count). The van der Waals surface area contributed by atoms with Gasteiger partial charge in [-0.25, -0.2) is 22.3 Å². The molecule has 0 saturated carbocycles. The van der Waals surface area contributed by atoms with Gasteiger partial charge in [-0.05, 0) is 49.2 Å². The molecule has 2 N–H and O–H groups in total. The van der Waals surface area contributed by atoms with Gasteiger partial charge in [-0.15, -0.1) is 0 Å². The minimum Gasteiger partial charge on any atom is -0.306 e. The molecule has 0 aliphatic rings. The Balaban J connectivity index is 1.58. The van der Waals surface area contributed by atoms with Crippen molar-refractivity contribution in [3.05, 3.63) is 106 Å². The fourth-order valence-electron chi connectivity index (χ4n) is 3.92. The van der Waals surface area contributed by atoms with Gasteiger partial charge in [0.25, 0.3) is 15.6 Å². The van der Waals surface area contributed by atoms with E-state index >= 15 is 0 Å². The predicted molar refractivity (Wildman–Crippen MR) is 139 cm³/mol. The Morgan fingerprint density at radius 2 is 1.69 bits per heavy atom. The number of sulfonamides is 1. The second kappa shape index (κ2) is 10.6. The number of nitrogens with one attached hydrogen (secondary N) is 1. The third-order valence-corrected chi connectivity index (χ3v) is 8.22. The molecule has 1 unspecified atom stereocenters. The summed E-state index contributed by atoms with van der Waals surface area (Å²) in [6.45, 7) is 3.80. The van der Waals surface area contributed by atoms with Crippen molar-refractivity contribution in [2.75, 3.05) is 10.8 Å². The quantitative estimate of drug-likeness (QED) is 0.322. The number of aromatic amines is 1. The molecule has 2 heterocycles. The van der Waals surface area contributed by atoms with Crippen molar-refractivity contribution >= 4 is 26.8 Å². The average Bonchev–Trinajstić information content (AvgIpc) is 3.14. The van der Waals surface area contributed by atoms with Gasteiger partial charge >= 0.3 is 0 Å². The normalized spacial score (nSPS) is 12.4. The van der Waals surface area contributed by atoms with Crippen LogP contribution in [0.2, 0.25) is 0 Å². The van der Waals surface area contributed by atoms with Crippen LogP contribution < -0.4 is 9.86 Å². The summed E-state index contributed by atoms with van der Waals surface area (Å²) >= 11 is -1.91. The van der Waals surface area contributed by atoms with Crippen molar-refractivity contribution < 1.29 is 17.2 Å². The first-order valence-corrected chi connectivity index (χ1v) is 13.9. The second-order valence-electron chi connectivity index (χ2n) is 8.17. The van der Waals surface area contributed by atoms with E-state index in [1.807, 2.05) is 18.2 Å². The van der Waals surface area contributed by atoms with Crippen molar-refractivity contribution in [3.63, 3.8) is 0 Å². The lowest BCUT2D eigenvalue weighted by Gasteiger charge is -2.22. The Morgan fingerprint density at radius 3 is 2.28 bits per heavy atom. The first-order valence-electron chi connectivity index (χ1n) is 11.2. The summed E-state index contributed by atoms with van der Waals surface area (Å²) in [4.78, 5) is 17.4. The standard InChI is InChI=1S/C25H26N4O5S2/c1-3-28(21-7-5-4-6-8-21)36(33,34)22-13-14-24(26-16-22)29-25(30)23(18(2)27-29)15-19-9-11-20(12-10-19)17-35(31)32/h4-14,16,27H,3,15,17H2,1-2H3,(H,31,32). The maximum Gasteiger partial charge on any atom is 0.276 e. The lowest BCUT2D eigenvalue weighted by atomic mass is 10.0. The van der Waals surface area contributed by atoms with E-state index in [-0.39, 0.29) is 28.6 Å². The van der Waals surface area contributed by atoms with Gasteiger partial charge in [0.1, 0.15) is 4.90 Å². The highest BCUT2D eigenvalue weighted by Crippen LogP contribution is 2.23. The Morgan fingerprint density at radius 1 is 1.03 bits per heavy atom. The molecule has 9 nitrogen and oxygen atoms in total. The van der Waals surface area contributed by atoms with E-state index in [1.54, 1.807) is 50.2 Å². The fraction of sp³-hybridized carbons (Fsp3) is 0.200. The lowest BCUT2D eigenvalue weighted by molar-refractivity contribution is 0.563. The number of pyridine rings is 1. The summed E-state index contributed by atoms with van der Waals surface area (Å²) in [7, 11) is -3.83. The topological polar surface area (TPSA) is 125 Å². The van der Waals surface area contributed by atoms with Gasteiger partial charge in [-0.2, -0.15) is 0 Å². The first kappa shape index (κ1) is 25.5. The van der Waals surface area contributed by atoms with E-state index in [0.717, 1.165) is 11.1 Å². The summed E-state index contributed by atoms with van der Waals surface area (Å²) in [6.07, 6.45) is 1.62. The van der Waals surface area contributed by atoms with Crippen molar-refractivity contribution in [1.82, 2.24) is 14.8 Å². The summed E-state index contributed by atoms with van der Waals surface area (Å²) in [5.41, 5.74) is 3.10. The van der Waals surface area contributed by atoms with Gasteiger partial charge in [-0.3, -0.25) is 14.2 Å². The van der Waals surface area contributed by atoms with Crippen LogP contribution in [0.3, 0.4) is 0 Å². The van der Waals surface area contributed by atoms with Gasteiger partial charge in [0.2, 0.25) is 0 Å². The molecule has 0 aliphatic heterocycles. The molecule has 36 heavy (non-hydrogen) atoms. The van der Waals surface area contributed by atoms with E-state index in [9.17, 15) is 17.4 Å². The Labute approximate surface area is 211 Å². The van der Waals surface area contributed by atoms with Crippen LogP contribution in [0, 0.1) is 6.92 Å². The zero-order chi connectivity index (χ0) is 25.9. The first-order chi connectivity index (χ1) is 17.2. The number of H-pyrrole nitrogens is 1. The highest BCUT2D eigenvalue weighted by molar-refractivity contribution is 7.92. The molecule has 0 bridgehead atoms. The highest BCUT2D eigenvalue weighted by atomic mass is 32.2. The Kier molecular flexibility index (Phi) is 7.53. The van der Waals surface area contributed by atoms with Gasteiger partial charge in [0.05, 0.1) is 11.4 Å². The number of benzene rings is 2. The molecular formula is C25H26N4O5S2. The number of aryl methyl sites for hydroxylation is 1. The molecule has 0 spiro atoms. The van der Waals surface area contributed by atoms with E-state index in [2.05, 4.69) is 10.1 Å². The Hall–Kier alpha value is -3.54. The average molecular weight is 527 g/mol. The molecule has 0 saturated heterocycles. The fourth-order valence-corrected chi connectivity index (χ4v) is 5.82. The molecule has 0 fully saturated rings. The van der Waals surface area contributed by atoms with Crippen LogP contribution in [0.25, 0.3) is 5.82 Å². The molecule has 4 aromatic rings. The zero-order valence-electron chi connectivity index (χ0n) is 19.8. The van der Waals surface area contributed by atoms with Gasteiger partial charge in [-0.1, -0.05) is 42.5 Å². The number of rotatable bonds is 9. The molecule has 2 aromatic carbocycles.